The van der Waals surface area contributed by atoms with Gasteiger partial charge in [0.25, 0.3) is 5.91 Å². The molecule has 0 aliphatic carbocycles. The Balaban J connectivity index is 1.82. The van der Waals surface area contributed by atoms with Crippen LogP contribution in [0.3, 0.4) is 0 Å². The number of hydrogen-bond acceptors (Lipinski definition) is 3. The van der Waals surface area contributed by atoms with Gasteiger partial charge in [-0.2, -0.15) is 0 Å². The maximum absolute atomic E-state index is 13.6. The second-order valence-electron chi connectivity index (χ2n) is 7.01. The van der Waals surface area contributed by atoms with Crippen molar-refractivity contribution >= 4 is 11.8 Å². The molecule has 0 saturated carbocycles. The monoisotopic (exact) mass is 403 g/mol. The van der Waals surface area contributed by atoms with Gasteiger partial charge in [-0.3, -0.25) is 9.59 Å². The molecule has 2 N–H and O–H groups in total. The summed E-state index contributed by atoms with van der Waals surface area (Å²) in [6.07, 6.45) is 1.03. The van der Waals surface area contributed by atoms with Crippen LogP contribution in [-0.2, 0) is 11.2 Å². The van der Waals surface area contributed by atoms with Crippen LogP contribution in [0.1, 0.15) is 40.9 Å². The largest absolute Gasteiger partial charge is 0.354 e. The SMILES string of the molecule is CCc1ccc(C(CNC(=O)CCNC(=O)c2ccc(F)cc2F)N(C)C)cc1. The first kappa shape index (κ1) is 22.5. The van der Waals surface area contributed by atoms with E-state index in [1.54, 1.807) is 0 Å². The number of amides is 2. The van der Waals surface area contributed by atoms with Crippen LogP contribution >= 0.6 is 0 Å². The molecular weight excluding hydrogens is 376 g/mol. The van der Waals surface area contributed by atoms with Crippen molar-refractivity contribution in [3.8, 4) is 0 Å². The third-order valence-corrected chi connectivity index (χ3v) is 4.70. The molecule has 0 fully saturated rings. The van der Waals surface area contributed by atoms with Crippen molar-refractivity contribution < 1.29 is 18.4 Å². The van der Waals surface area contributed by atoms with Crippen LogP contribution in [0.25, 0.3) is 0 Å². The van der Waals surface area contributed by atoms with Gasteiger partial charge in [0.1, 0.15) is 11.6 Å². The molecule has 0 bridgehead atoms. The Morgan fingerprint density at radius 2 is 1.72 bits per heavy atom. The lowest BCUT2D eigenvalue weighted by Gasteiger charge is -2.25. The highest BCUT2D eigenvalue weighted by Gasteiger charge is 2.16. The number of halogens is 2. The third-order valence-electron chi connectivity index (χ3n) is 4.70. The molecule has 2 aromatic carbocycles. The minimum absolute atomic E-state index is 0.0211. The summed E-state index contributed by atoms with van der Waals surface area (Å²) in [5.41, 5.74) is 2.10. The van der Waals surface area contributed by atoms with E-state index in [4.69, 9.17) is 0 Å². The van der Waals surface area contributed by atoms with Crippen LogP contribution in [0.5, 0.6) is 0 Å². The van der Waals surface area contributed by atoms with E-state index in [0.29, 0.717) is 12.6 Å². The van der Waals surface area contributed by atoms with Crippen molar-refractivity contribution in [3.63, 3.8) is 0 Å². The van der Waals surface area contributed by atoms with Crippen molar-refractivity contribution in [2.45, 2.75) is 25.8 Å². The molecule has 0 radical (unpaired) electrons. The predicted molar refractivity (Wildman–Crippen MR) is 109 cm³/mol. The zero-order valence-electron chi connectivity index (χ0n) is 17.0. The molecule has 0 aromatic heterocycles. The van der Waals surface area contributed by atoms with Gasteiger partial charge < -0.3 is 15.5 Å². The van der Waals surface area contributed by atoms with Gasteiger partial charge in [-0.15, -0.1) is 0 Å². The van der Waals surface area contributed by atoms with E-state index in [0.717, 1.165) is 24.1 Å². The maximum atomic E-state index is 13.6. The number of carbonyl (C=O) groups is 2. The molecule has 7 heteroatoms. The van der Waals surface area contributed by atoms with Gasteiger partial charge in [0, 0.05) is 25.6 Å². The van der Waals surface area contributed by atoms with Gasteiger partial charge in [-0.25, -0.2) is 8.78 Å². The average Bonchev–Trinajstić information content (AvgIpc) is 2.68. The summed E-state index contributed by atoms with van der Waals surface area (Å²) in [6.45, 7) is 2.58. The van der Waals surface area contributed by atoms with Gasteiger partial charge in [-0.1, -0.05) is 31.2 Å². The lowest BCUT2D eigenvalue weighted by molar-refractivity contribution is -0.121. The van der Waals surface area contributed by atoms with Crippen LogP contribution < -0.4 is 10.6 Å². The summed E-state index contributed by atoms with van der Waals surface area (Å²) in [6, 6.07) is 11.0. The Labute approximate surface area is 170 Å². The van der Waals surface area contributed by atoms with Crippen molar-refractivity contribution in [1.82, 2.24) is 15.5 Å². The second-order valence-corrected chi connectivity index (χ2v) is 7.01. The fourth-order valence-electron chi connectivity index (χ4n) is 2.93. The molecule has 0 saturated heterocycles. The number of carbonyl (C=O) groups excluding carboxylic acids is 2. The quantitative estimate of drug-likeness (QED) is 0.677. The number of benzene rings is 2. The maximum Gasteiger partial charge on any atom is 0.254 e. The molecule has 1 atom stereocenters. The van der Waals surface area contributed by atoms with Crippen LogP contribution in [0.2, 0.25) is 0 Å². The van der Waals surface area contributed by atoms with Gasteiger partial charge in [0.2, 0.25) is 5.91 Å². The molecule has 1 unspecified atom stereocenters. The van der Waals surface area contributed by atoms with Crippen LogP contribution in [0, 0.1) is 11.6 Å². The highest BCUT2D eigenvalue weighted by Crippen LogP contribution is 2.18. The first-order chi connectivity index (χ1) is 13.8. The van der Waals surface area contributed by atoms with Crippen molar-refractivity contribution in [2.75, 3.05) is 27.2 Å². The Morgan fingerprint density at radius 3 is 2.31 bits per heavy atom. The van der Waals surface area contributed by atoms with E-state index >= 15 is 0 Å². The summed E-state index contributed by atoms with van der Waals surface area (Å²) in [5.74, 6) is -2.59. The molecule has 5 nitrogen and oxygen atoms in total. The fraction of sp³-hybridized carbons (Fsp3) is 0.364. The standard InChI is InChI=1S/C22H27F2N3O2/c1-4-15-5-7-16(8-6-15)20(27(2)3)14-26-21(28)11-12-25-22(29)18-10-9-17(23)13-19(18)24/h5-10,13,20H,4,11-12,14H2,1-3H3,(H,25,29)(H,26,28). The van der Waals surface area contributed by atoms with Crippen molar-refractivity contribution in [1.29, 1.82) is 0 Å². The number of rotatable bonds is 9. The molecule has 29 heavy (non-hydrogen) atoms. The molecule has 0 heterocycles. The van der Waals surface area contributed by atoms with E-state index < -0.39 is 17.5 Å². The highest BCUT2D eigenvalue weighted by atomic mass is 19.1. The van der Waals surface area contributed by atoms with Crippen LogP contribution in [0.4, 0.5) is 8.78 Å². The van der Waals surface area contributed by atoms with Gasteiger partial charge in [0.05, 0.1) is 11.6 Å². The molecular formula is C22H27F2N3O2. The summed E-state index contributed by atoms with van der Waals surface area (Å²) < 4.78 is 26.5. The Hall–Kier alpha value is -2.80. The van der Waals surface area contributed by atoms with Crippen molar-refractivity contribution in [2.24, 2.45) is 0 Å². The van der Waals surface area contributed by atoms with Gasteiger partial charge >= 0.3 is 0 Å². The molecule has 2 amide bonds. The Bertz CT molecular complexity index is 838. The molecule has 2 aromatic rings. The molecule has 0 aliphatic heterocycles. The zero-order valence-corrected chi connectivity index (χ0v) is 17.0. The van der Waals surface area contributed by atoms with E-state index in [1.165, 1.54) is 5.56 Å². The summed E-state index contributed by atoms with van der Waals surface area (Å²) in [4.78, 5) is 26.1. The summed E-state index contributed by atoms with van der Waals surface area (Å²) in [5, 5.41) is 5.34. The lowest BCUT2D eigenvalue weighted by atomic mass is 10.0. The normalized spacial score (nSPS) is 11.9. The molecule has 0 aliphatic rings. The van der Waals surface area contributed by atoms with Crippen LogP contribution in [0.15, 0.2) is 42.5 Å². The van der Waals surface area contributed by atoms with E-state index in [2.05, 4.69) is 41.8 Å². The lowest BCUT2D eigenvalue weighted by Crippen LogP contribution is -2.36. The Morgan fingerprint density at radius 1 is 1.03 bits per heavy atom. The first-order valence-electron chi connectivity index (χ1n) is 9.57. The minimum Gasteiger partial charge on any atom is -0.354 e. The second kappa shape index (κ2) is 10.7. The van der Waals surface area contributed by atoms with Gasteiger partial charge in [0.15, 0.2) is 0 Å². The summed E-state index contributed by atoms with van der Waals surface area (Å²) >= 11 is 0. The van der Waals surface area contributed by atoms with E-state index in [-0.39, 0.29) is 30.5 Å². The van der Waals surface area contributed by atoms with Gasteiger partial charge in [-0.05, 0) is 43.8 Å². The van der Waals surface area contributed by atoms with E-state index in [1.807, 2.05) is 19.0 Å². The number of nitrogens with one attached hydrogen (secondary N) is 2. The molecule has 2 rings (SSSR count). The smallest absolute Gasteiger partial charge is 0.254 e. The highest BCUT2D eigenvalue weighted by molar-refractivity contribution is 5.94. The summed E-state index contributed by atoms with van der Waals surface area (Å²) in [7, 11) is 3.89. The van der Waals surface area contributed by atoms with E-state index in [9.17, 15) is 18.4 Å². The number of nitrogens with zero attached hydrogens (tertiary/aromatic N) is 1. The minimum atomic E-state index is -0.935. The number of likely N-dealkylation sites (N-methyl/N-ethyl adjacent to an activating group) is 1. The average molecular weight is 403 g/mol. The topological polar surface area (TPSA) is 61.4 Å². The first-order valence-corrected chi connectivity index (χ1v) is 9.57. The Kier molecular flexibility index (Phi) is 8.27. The number of hydrogen-bond donors (Lipinski definition) is 2. The number of aryl methyl sites for hydroxylation is 1. The van der Waals surface area contributed by atoms with Crippen LogP contribution in [-0.4, -0.2) is 43.9 Å². The predicted octanol–water partition coefficient (Wildman–Crippen LogP) is 3.07. The zero-order chi connectivity index (χ0) is 21.4. The fourth-order valence-corrected chi connectivity index (χ4v) is 2.93. The third kappa shape index (κ3) is 6.64. The van der Waals surface area contributed by atoms with Crippen molar-refractivity contribution in [3.05, 3.63) is 70.8 Å². The molecule has 156 valence electrons. The molecule has 0 spiro atoms.